The van der Waals surface area contributed by atoms with Crippen LogP contribution in [0.4, 0.5) is 5.69 Å². The van der Waals surface area contributed by atoms with Crippen LogP contribution in [0.1, 0.15) is 29.7 Å². The molecule has 192 valence electrons. The number of aryl methyl sites for hydroxylation is 1. The zero-order valence-corrected chi connectivity index (χ0v) is 21.5. The number of hydrogen-bond donors (Lipinski definition) is 2. The fourth-order valence-electron chi connectivity index (χ4n) is 4.32. The molecule has 3 aromatic carbocycles. The second kappa shape index (κ2) is 10.4. The predicted molar refractivity (Wildman–Crippen MR) is 140 cm³/mol. The summed E-state index contributed by atoms with van der Waals surface area (Å²) in [5, 5.41) is 22.2. The number of carbonyl (C=O) groups is 2. The molecule has 0 aromatic heterocycles. The van der Waals surface area contributed by atoms with Gasteiger partial charge in [0.15, 0.2) is 11.5 Å². The number of hydrogen-bond acceptors (Lipinski definition) is 7. The predicted octanol–water partition coefficient (Wildman–Crippen LogP) is 5.40. The first kappa shape index (κ1) is 25.9. The Labute approximate surface area is 219 Å². The average Bonchev–Trinajstić information content (AvgIpc) is 3.15. The number of nitrogens with zero attached hydrogens (tertiary/aromatic N) is 1. The molecule has 8 nitrogen and oxygen atoms in total. The molecule has 2 N–H and O–H groups in total. The largest absolute Gasteiger partial charge is 0.507 e. The average molecular weight is 524 g/mol. The molecule has 3 aromatic rings. The van der Waals surface area contributed by atoms with Gasteiger partial charge in [0, 0.05) is 5.56 Å². The summed E-state index contributed by atoms with van der Waals surface area (Å²) in [7, 11) is 2.96. The highest BCUT2D eigenvalue weighted by atomic mass is 35.5. The van der Waals surface area contributed by atoms with Crippen LogP contribution in [0, 0.1) is 6.92 Å². The van der Waals surface area contributed by atoms with Gasteiger partial charge in [-0.1, -0.05) is 23.7 Å². The maximum Gasteiger partial charge on any atom is 0.300 e. The summed E-state index contributed by atoms with van der Waals surface area (Å²) in [4.78, 5) is 28.0. The van der Waals surface area contributed by atoms with E-state index in [1.165, 1.54) is 37.3 Å². The van der Waals surface area contributed by atoms with Gasteiger partial charge in [0.25, 0.3) is 11.7 Å². The maximum atomic E-state index is 13.4. The topological polar surface area (TPSA) is 106 Å². The highest BCUT2D eigenvalue weighted by Gasteiger charge is 2.48. The number of anilines is 1. The first-order valence-corrected chi connectivity index (χ1v) is 11.8. The smallest absolute Gasteiger partial charge is 0.300 e. The van der Waals surface area contributed by atoms with E-state index in [1.807, 2.05) is 6.92 Å². The summed E-state index contributed by atoms with van der Waals surface area (Å²) in [6.07, 6.45) is 0. The van der Waals surface area contributed by atoms with Gasteiger partial charge in [0.1, 0.15) is 17.3 Å². The number of aliphatic hydroxyl groups is 1. The van der Waals surface area contributed by atoms with Crippen molar-refractivity contribution >= 4 is 34.7 Å². The molecule has 0 aliphatic carbocycles. The number of methoxy groups -OCH3 is 2. The molecule has 0 saturated carbocycles. The molecule has 1 unspecified atom stereocenters. The van der Waals surface area contributed by atoms with Crippen LogP contribution in [0.2, 0.25) is 5.02 Å². The Kier molecular flexibility index (Phi) is 7.31. The zero-order chi connectivity index (χ0) is 26.9. The van der Waals surface area contributed by atoms with Crippen LogP contribution in [0.15, 0.2) is 60.2 Å². The van der Waals surface area contributed by atoms with E-state index in [4.69, 9.17) is 25.8 Å². The first-order valence-electron chi connectivity index (χ1n) is 11.5. The summed E-state index contributed by atoms with van der Waals surface area (Å²) in [5.74, 6) is -1.18. The second-order valence-electron chi connectivity index (χ2n) is 8.35. The van der Waals surface area contributed by atoms with Crippen LogP contribution in [0.25, 0.3) is 5.76 Å². The van der Waals surface area contributed by atoms with Crippen molar-refractivity contribution in [2.75, 3.05) is 25.7 Å². The quantitative estimate of drug-likeness (QED) is 0.243. The monoisotopic (exact) mass is 523 g/mol. The second-order valence-corrected chi connectivity index (χ2v) is 8.76. The van der Waals surface area contributed by atoms with E-state index in [2.05, 4.69) is 0 Å². The molecule has 1 atom stereocenters. The normalized spacial score (nSPS) is 16.7. The van der Waals surface area contributed by atoms with Crippen molar-refractivity contribution < 1.29 is 34.0 Å². The minimum Gasteiger partial charge on any atom is -0.507 e. The molecular formula is C28H26ClNO7. The molecule has 1 fully saturated rings. The highest BCUT2D eigenvalue weighted by Crippen LogP contribution is 2.46. The number of phenols is 1. The van der Waals surface area contributed by atoms with Crippen molar-refractivity contribution in [3.8, 4) is 23.0 Å². The standard InChI is InChI=1S/C28H26ClNO7/c1-5-37-23-14-16(7-11-22(23)36-4)25-24(26(32)17-8-10-21(35-3)18(29)13-17)27(33)28(34)30(25)19-12-15(2)6-9-20(19)31/h6-14,25,31-32H,5H2,1-4H3/b26-24-. The fourth-order valence-corrected chi connectivity index (χ4v) is 4.58. The number of ether oxygens (including phenoxy) is 3. The van der Waals surface area contributed by atoms with Gasteiger partial charge in [-0.2, -0.15) is 0 Å². The van der Waals surface area contributed by atoms with Gasteiger partial charge >= 0.3 is 0 Å². The highest BCUT2D eigenvalue weighted by molar-refractivity contribution is 6.52. The lowest BCUT2D eigenvalue weighted by Gasteiger charge is -2.27. The van der Waals surface area contributed by atoms with E-state index in [1.54, 1.807) is 43.3 Å². The van der Waals surface area contributed by atoms with Gasteiger partial charge in [-0.05, 0) is 67.4 Å². The van der Waals surface area contributed by atoms with Crippen molar-refractivity contribution in [3.63, 3.8) is 0 Å². The minimum atomic E-state index is -1.08. The van der Waals surface area contributed by atoms with Crippen molar-refractivity contribution in [2.24, 2.45) is 0 Å². The molecule has 0 radical (unpaired) electrons. The van der Waals surface area contributed by atoms with E-state index >= 15 is 0 Å². The number of phenolic OH excluding ortho intramolecular Hbond substituents is 1. The SMILES string of the molecule is CCOc1cc(C2/C(=C(/O)c3ccc(OC)c(Cl)c3)C(=O)C(=O)N2c2cc(C)ccc2O)ccc1OC. The Bertz CT molecular complexity index is 1420. The third-order valence-electron chi connectivity index (χ3n) is 6.06. The Morgan fingerprint density at radius 3 is 2.32 bits per heavy atom. The van der Waals surface area contributed by atoms with Gasteiger partial charge in [0.2, 0.25) is 0 Å². The summed E-state index contributed by atoms with van der Waals surface area (Å²) < 4.78 is 16.3. The number of amides is 1. The number of aromatic hydroxyl groups is 1. The van der Waals surface area contributed by atoms with Crippen molar-refractivity contribution in [3.05, 3.63) is 81.9 Å². The Hall–Kier alpha value is -4.17. The molecule has 1 aliphatic rings. The van der Waals surface area contributed by atoms with E-state index in [0.29, 0.717) is 29.4 Å². The number of ketones is 1. The molecule has 1 saturated heterocycles. The van der Waals surface area contributed by atoms with Crippen LogP contribution in [0.5, 0.6) is 23.0 Å². The number of benzene rings is 3. The molecule has 1 aliphatic heterocycles. The van der Waals surface area contributed by atoms with E-state index in [-0.39, 0.29) is 27.6 Å². The summed E-state index contributed by atoms with van der Waals surface area (Å²) >= 11 is 6.27. The van der Waals surface area contributed by atoms with Gasteiger partial charge < -0.3 is 24.4 Å². The van der Waals surface area contributed by atoms with Crippen molar-refractivity contribution in [2.45, 2.75) is 19.9 Å². The number of carbonyl (C=O) groups excluding carboxylic acids is 2. The lowest BCUT2D eigenvalue weighted by Crippen LogP contribution is -2.29. The maximum absolute atomic E-state index is 13.4. The van der Waals surface area contributed by atoms with Crippen LogP contribution >= 0.6 is 11.6 Å². The molecular weight excluding hydrogens is 498 g/mol. The number of Topliss-reactive ketones (excluding diaryl/α,β-unsaturated/α-hetero) is 1. The molecule has 9 heteroatoms. The first-order chi connectivity index (χ1) is 17.7. The summed E-state index contributed by atoms with van der Waals surface area (Å²) in [6, 6.07) is 13.2. The van der Waals surface area contributed by atoms with E-state index in [0.717, 1.165) is 5.56 Å². The number of aliphatic hydroxyl groups excluding tert-OH is 1. The third-order valence-corrected chi connectivity index (χ3v) is 6.36. The van der Waals surface area contributed by atoms with Gasteiger partial charge in [0.05, 0.1) is 43.2 Å². The molecule has 4 rings (SSSR count). The lowest BCUT2D eigenvalue weighted by atomic mass is 9.94. The van der Waals surface area contributed by atoms with E-state index < -0.39 is 23.5 Å². The Morgan fingerprint density at radius 2 is 1.68 bits per heavy atom. The van der Waals surface area contributed by atoms with Gasteiger partial charge in [-0.15, -0.1) is 0 Å². The zero-order valence-electron chi connectivity index (χ0n) is 20.7. The van der Waals surface area contributed by atoms with Gasteiger partial charge in [-0.3, -0.25) is 14.5 Å². The minimum absolute atomic E-state index is 0.132. The molecule has 0 bridgehead atoms. The fraction of sp³-hybridized carbons (Fsp3) is 0.214. The van der Waals surface area contributed by atoms with Gasteiger partial charge in [-0.25, -0.2) is 0 Å². The summed E-state index contributed by atoms with van der Waals surface area (Å²) in [5.41, 5.74) is 1.42. The Balaban J connectivity index is 1.99. The molecule has 1 heterocycles. The van der Waals surface area contributed by atoms with Crippen molar-refractivity contribution in [1.82, 2.24) is 0 Å². The lowest BCUT2D eigenvalue weighted by molar-refractivity contribution is -0.132. The van der Waals surface area contributed by atoms with Crippen molar-refractivity contribution in [1.29, 1.82) is 0 Å². The van der Waals surface area contributed by atoms with Crippen LogP contribution < -0.4 is 19.1 Å². The Morgan fingerprint density at radius 1 is 0.973 bits per heavy atom. The third kappa shape index (κ3) is 4.68. The molecule has 37 heavy (non-hydrogen) atoms. The van der Waals surface area contributed by atoms with Crippen LogP contribution in [0.3, 0.4) is 0 Å². The molecule has 0 spiro atoms. The number of rotatable bonds is 7. The molecule has 1 amide bonds. The van der Waals surface area contributed by atoms with Crippen LogP contribution in [-0.4, -0.2) is 42.7 Å². The van der Waals surface area contributed by atoms with Crippen LogP contribution in [-0.2, 0) is 9.59 Å². The summed E-state index contributed by atoms with van der Waals surface area (Å²) in [6.45, 7) is 3.97. The van der Waals surface area contributed by atoms with E-state index in [9.17, 15) is 19.8 Å². The number of halogens is 1.